The third kappa shape index (κ3) is 5.76. The van der Waals surface area contributed by atoms with Gasteiger partial charge in [0.15, 0.2) is 6.10 Å². The van der Waals surface area contributed by atoms with E-state index < -0.39 is 6.10 Å². The summed E-state index contributed by atoms with van der Waals surface area (Å²) in [7, 11) is 0. The van der Waals surface area contributed by atoms with Crippen LogP contribution in [0.25, 0.3) is 10.8 Å². The van der Waals surface area contributed by atoms with Gasteiger partial charge in [-0.05, 0) is 48.8 Å². The number of amides is 1. The van der Waals surface area contributed by atoms with Crippen LogP contribution in [0.5, 0.6) is 11.5 Å². The van der Waals surface area contributed by atoms with Crippen LogP contribution in [0.4, 0.5) is 0 Å². The summed E-state index contributed by atoms with van der Waals surface area (Å²) in [6.07, 6.45) is 2.81. The Hall–Kier alpha value is -3.01. The third-order valence-corrected chi connectivity index (χ3v) is 5.04. The topological polar surface area (TPSA) is 47.6 Å². The fourth-order valence-corrected chi connectivity index (χ4v) is 3.44. The summed E-state index contributed by atoms with van der Waals surface area (Å²) < 4.78 is 11.9. The fraction of sp³-hybridized carbons (Fsp3) is 0.346. The highest BCUT2D eigenvalue weighted by molar-refractivity contribution is 5.89. The lowest BCUT2D eigenvalue weighted by atomic mass is 10.1. The van der Waals surface area contributed by atoms with Crippen LogP contribution in [0.2, 0.25) is 0 Å². The number of hydrogen-bond acceptors (Lipinski definition) is 3. The van der Waals surface area contributed by atoms with Crippen molar-refractivity contribution in [2.75, 3.05) is 13.2 Å². The van der Waals surface area contributed by atoms with Gasteiger partial charge >= 0.3 is 0 Å². The predicted octanol–water partition coefficient (Wildman–Crippen LogP) is 5.54. The van der Waals surface area contributed by atoms with E-state index in [1.54, 1.807) is 0 Å². The molecule has 0 fully saturated rings. The number of aryl methyl sites for hydroxylation is 1. The second-order valence-corrected chi connectivity index (χ2v) is 7.34. The second kappa shape index (κ2) is 11.2. The molecule has 158 valence electrons. The van der Waals surface area contributed by atoms with E-state index in [-0.39, 0.29) is 5.91 Å². The van der Waals surface area contributed by atoms with Gasteiger partial charge in [-0.2, -0.15) is 0 Å². The number of para-hydroxylation sites is 1. The number of hydrogen-bond donors (Lipinski definition) is 1. The Morgan fingerprint density at radius 3 is 2.50 bits per heavy atom. The zero-order valence-corrected chi connectivity index (χ0v) is 17.9. The molecule has 0 saturated carbocycles. The summed E-state index contributed by atoms with van der Waals surface area (Å²) in [6.45, 7) is 5.40. The largest absolute Gasteiger partial charge is 0.493 e. The molecular weight excluding hydrogens is 374 g/mol. The number of benzene rings is 3. The highest BCUT2D eigenvalue weighted by Crippen LogP contribution is 2.26. The summed E-state index contributed by atoms with van der Waals surface area (Å²) in [5, 5.41) is 5.16. The number of nitrogens with one attached hydrogen (secondary N) is 1. The zero-order chi connectivity index (χ0) is 21.2. The first-order valence-electron chi connectivity index (χ1n) is 10.9. The highest BCUT2D eigenvalue weighted by atomic mass is 16.5. The number of fused-ring (bicyclic) bond motifs is 1. The van der Waals surface area contributed by atoms with E-state index in [0.29, 0.717) is 13.0 Å². The molecule has 0 aliphatic rings. The summed E-state index contributed by atoms with van der Waals surface area (Å²) in [4.78, 5) is 12.7. The van der Waals surface area contributed by atoms with Crippen molar-refractivity contribution < 1.29 is 14.3 Å². The zero-order valence-electron chi connectivity index (χ0n) is 17.9. The monoisotopic (exact) mass is 405 g/mol. The molecule has 0 bridgehead atoms. The van der Waals surface area contributed by atoms with E-state index >= 15 is 0 Å². The van der Waals surface area contributed by atoms with Crippen LogP contribution in [0.1, 0.15) is 38.7 Å². The Balaban J connectivity index is 1.52. The molecule has 4 heteroatoms. The molecule has 0 heterocycles. The fourth-order valence-electron chi connectivity index (χ4n) is 3.44. The smallest absolute Gasteiger partial charge is 0.261 e. The molecule has 0 unspecified atom stereocenters. The van der Waals surface area contributed by atoms with Crippen molar-refractivity contribution in [1.29, 1.82) is 0 Å². The first kappa shape index (κ1) is 21.7. The van der Waals surface area contributed by atoms with Gasteiger partial charge in [-0.25, -0.2) is 0 Å². The molecule has 1 amide bonds. The second-order valence-electron chi connectivity index (χ2n) is 7.34. The molecule has 3 aromatic rings. The van der Waals surface area contributed by atoms with Crippen molar-refractivity contribution in [1.82, 2.24) is 5.32 Å². The highest BCUT2D eigenvalue weighted by Gasteiger charge is 2.18. The van der Waals surface area contributed by atoms with E-state index in [9.17, 15) is 4.79 Å². The van der Waals surface area contributed by atoms with Gasteiger partial charge in [0.05, 0.1) is 6.61 Å². The molecule has 0 spiro atoms. The molecule has 0 aromatic heterocycles. The number of carbonyl (C=O) groups excluding carboxylic acids is 1. The van der Waals surface area contributed by atoms with Crippen molar-refractivity contribution in [3.05, 3.63) is 72.3 Å². The van der Waals surface area contributed by atoms with E-state index in [1.165, 1.54) is 5.56 Å². The molecule has 1 N–H and O–H groups in total. The van der Waals surface area contributed by atoms with Crippen molar-refractivity contribution >= 4 is 16.7 Å². The Kier molecular flexibility index (Phi) is 8.13. The van der Waals surface area contributed by atoms with Gasteiger partial charge in [0.25, 0.3) is 5.91 Å². The van der Waals surface area contributed by atoms with Gasteiger partial charge in [0.1, 0.15) is 11.5 Å². The minimum atomic E-state index is -0.504. The molecule has 3 aromatic carbocycles. The van der Waals surface area contributed by atoms with E-state index in [1.807, 2.05) is 67.6 Å². The first-order valence-corrected chi connectivity index (χ1v) is 10.9. The molecule has 0 aliphatic heterocycles. The van der Waals surface area contributed by atoms with Crippen molar-refractivity contribution in [2.24, 2.45) is 0 Å². The maximum Gasteiger partial charge on any atom is 0.261 e. The average molecular weight is 406 g/mol. The van der Waals surface area contributed by atoms with Gasteiger partial charge in [-0.1, -0.05) is 68.4 Å². The van der Waals surface area contributed by atoms with Crippen molar-refractivity contribution in [3.8, 4) is 11.5 Å². The Labute approximate surface area is 179 Å². The van der Waals surface area contributed by atoms with Crippen LogP contribution in [0.15, 0.2) is 66.7 Å². The lowest BCUT2D eigenvalue weighted by Gasteiger charge is -2.18. The molecule has 3 rings (SSSR count). The number of ether oxygens (including phenoxy) is 2. The summed E-state index contributed by atoms with van der Waals surface area (Å²) in [5.74, 6) is 1.62. The summed E-state index contributed by atoms with van der Waals surface area (Å²) in [6, 6.07) is 22.1. The van der Waals surface area contributed by atoms with Crippen LogP contribution in [-0.4, -0.2) is 25.2 Å². The van der Waals surface area contributed by atoms with Crippen molar-refractivity contribution in [2.45, 2.75) is 45.6 Å². The minimum Gasteiger partial charge on any atom is -0.493 e. The molecule has 0 saturated heterocycles. The van der Waals surface area contributed by atoms with Crippen LogP contribution in [0.3, 0.4) is 0 Å². The molecular formula is C26H31NO3. The maximum absolute atomic E-state index is 12.7. The molecule has 30 heavy (non-hydrogen) atoms. The molecule has 0 radical (unpaired) electrons. The van der Waals surface area contributed by atoms with Gasteiger partial charge in [0, 0.05) is 11.9 Å². The Morgan fingerprint density at radius 1 is 0.933 bits per heavy atom. The average Bonchev–Trinajstić information content (AvgIpc) is 2.79. The Bertz CT molecular complexity index is 948. The van der Waals surface area contributed by atoms with Gasteiger partial charge in [0.2, 0.25) is 0 Å². The van der Waals surface area contributed by atoms with Gasteiger partial charge in [-0.15, -0.1) is 0 Å². The Morgan fingerprint density at radius 2 is 1.67 bits per heavy atom. The number of rotatable bonds is 11. The van der Waals surface area contributed by atoms with E-state index in [2.05, 4.69) is 18.3 Å². The van der Waals surface area contributed by atoms with Crippen LogP contribution >= 0.6 is 0 Å². The normalized spacial score (nSPS) is 11.8. The number of carbonyl (C=O) groups is 1. The predicted molar refractivity (Wildman–Crippen MR) is 122 cm³/mol. The lowest BCUT2D eigenvalue weighted by molar-refractivity contribution is -0.128. The summed E-state index contributed by atoms with van der Waals surface area (Å²) in [5.41, 5.74) is 1.18. The quantitative estimate of drug-likeness (QED) is 0.426. The maximum atomic E-state index is 12.7. The molecule has 1 atom stereocenters. The standard InChI is InChI=1S/C26H31NO3/c1-3-19-29-24-16-8-6-12-21(24)14-10-18-27-26(28)23(4-2)30-25-17-9-13-20-11-5-7-15-22(20)25/h5-9,11-13,15-17,23H,3-4,10,14,18-19H2,1-2H3,(H,27,28)/t23-/m1/s1. The van der Waals surface area contributed by atoms with Gasteiger partial charge < -0.3 is 14.8 Å². The van der Waals surface area contributed by atoms with Crippen LogP contribution < -0.4 is 14.8 Å². The van der Waals surface area contributed by atoms with Gasteiger partial charge in [-0.3, -0.25) is 4.79 Å². The van der Waals surface area contributed by atoms with E-state index in [0.717, 1.165) is 48.1 Å². The van der Waals surface area contributed by atoms with Crippen LogP contribution in [0, 0.1) is 0 Å². The van der Waals surface area contributed by atoms with Crippen LogP contribution in [-0.2, 0) is 11.2 Å². The third-order valence-electron chi connectivity index (χ3n) is 5.04. The van der Waals surface area contributed by atoms with Crippen molar-refractivity contribution in [3.63, 3.8) is 0 Å². The minimum absolute atomic E-state index is 0.0686. The SMILES string of the molecule is CCCOc1ccccc1CCCNC(=O)[C@@H](CC)Oc1cccc2ccccc12. The molecule has 0 aliphatic carbocycles. The summed E-state index contributed by atoms with van der Waals surface area (Å²) >= 11 is 0. The lowest BCUT2D eigenvalue weighted by Crippen LogP contribution is -2.38. The molecule has 4 nitrogen and oxygen atoms in total. The van der Waals surface area contributed by atoms with E-state index in [4.69, 9.17) is 9.47 Å². The first-order chi connectivity index (χ1) is 14.7.